The van der Waals surface area contributed by atoms with Crippen LogP contribution in [0.15, 0.2) is 18.2 Å². The average molecular weight is 266 g/mol. The van der Waals surface area contributed by atoms with Crippen molar-refractivity contribution in [2.24, 2.45) is 0 Å². The number of terminal acetylenes is 1. The molecule has 0 fully saturated rings. The minimum Gasteiger partial charge on any atom is -0.496 e. The normalized spacial score (nSPS) is 11.4. The van der Waals surface area contributed by atoms with Crippen LogP contribution in [-0.4, -0.2) is 19.1 Å². The van der Waals surface area contributed by atoms with Crippen molar-refractivity contribution in [3.05, 3.63) is 28.8 Å². The van der Waals surface area contributed by atoms with E-state index in [0.717, 1.165) is 12.8 Å². The van der Waals surface area contributed by atoms with Crippen molar-refractivity contribution < 1.29 is 9.53 Å². The van der Waals surface area contributed by atoms with E-state index in [1.165, 1.54) is 7.11 Å². The van der Waals surface area contributed by atoms with E-state index in [4.69, 9.17) is 22.8 Å². The highest BCUT2D eigenvalue weighted by molar-refractivity contribution is 6.31. The predicted molar refractivity (Wildman–Crippen MR) is 73.0 cm³/mol. The van der Waals surface area contributed by atoms with Gasteiger partial charge in [0, 0.05) is 5.02 Å². The fourth-order valence-electron chi connectivity index (χ4n) is 1.58. The van der Waals surface area contributed by atoms with Crippen molar-refractivity contribution in [1.29, 1.82) is 0 Å². The lowest BCUT2D eigenvalue weighted by Crippen LogP contribution is -2.33. The molecular formula is C14H16ClNO2. The zero-order valence-corrected chi connectivity index (χ0v) is 11.3. The number of hydrogen-bond acceptors (Lipinski definition) is 2. The molecule has 1 aromatic carbocycles. The van der Waals surface area contributed by atoms with Crippen LogP contribution in [0.4, 0.5) is 0 Å². The Balaban J connectivity index is 2.90. The number of carbonyl (C=O) groups excluding carboxylic acids is 1. The highest BCUT2D eigenvalue weighted by Gasteiger charge is 2.15. The van der Waals surface area contributed by atoms with Gasteiger partial charge in [0.1, 0.15) is 5.75 Å². The van der Waals surface area contributed by atoms with E-state index in [1.807, 2.05) is 6.92 Å². The summed E-state index contributed by atoms with van der Waals surface area (Å²) in [5, 5.41) is 3.25. The first-order chi connectivity index (χ1) is 8.62. The summed E-state index contributed by atoms with van der Waals surface area (Å²) in [5.74, 6) is 2.75. The van der Waals surface area contributed by atoms with Gasteiger partial charge in [0.05, 0.1) is 18.7 Å². The zero-order chi connectivity index (χ0) is 13.5. The number of hydrogen-bond donors (Lipinski definition) is 1. The number of methoxy groups -OCH3 is 1. The minimum atomic E-state index is -0.272. The van der Waals surface area contributed by atoms with Crippen molar-refractivity contribution in [3.63, 3.8) is 0 Å². The molecule has 1 N–H and O–H groups in total. The Kier molecular flexibility index (Phi) is 5.54. The van der Waals surface area contributed by atoms with Gasteiger partial charge in [-0.05, 0) is 24.6 Å². The highest BCUT2D eigenvalue weighted by Crippen LogP contribution is 2.22. The summed E-state index contributed by atoms with van der Waals surface area (Å²) in [6.07, 6.45) is 7.01. The molecule has 0 saturated heterocycles. The van der Waals surface area contributed by atoms with Gasteiger partial charge in [-0.3, -0.25) is 4.79 Å². The summed E-state index contributed by atoms with van der Waals surface area (Å²) >= 11 is 5.87. The third-order valence-electron chi connectivity index (χ3n) is 2.49. The Morgan fingerprint density at radius 1 is 1.61 bits per heavy atom. The Labute approximate surface area is 112 Å². The maximum Gasteiger partial charge on any atom is 0.256 e. The molecule has 0 radical (unpaired) electrons. The van der Waals surface area contributed by atoms with Gasteiger partial charge in [-0.2, -0.15) is 0 Å². The molecule has 96 valence electrons. The fraction of sp³-hybridized carbons (Fsp3) is 0.357. The number of carbonyl (C=O) groups is 1. The van der Waals surface area contributed by atoms with E-state index >= 15 is 0 Å². The molecule has 1 rings (SSSR count). The second-order valence-electron chi connectivity index (χ2n) is 3.83. The largest absolute Gasteiger partial charge is 0.496 e. The van der Waals surface area contributed by atoms with Gasteiger partial charge in [0.2, 0.25) is 0 Å². The smallest absolute Gasteiger partial charge is 0.256 e. The Bertz CT molecular complexity index is 465. The molecule has 1 aromatic rings. The molecule has 0 aliphatic heterocycles. The molecule has 0 heterocycles. The number of halogens is 1. The number of rotatable bonds is 5. The van der Waals surface area contributed by atoms with Gasteiger partial charge in [-0.25, -0.2) is 0 Å². The zero-order valence-electron chi connectivity index (χ0n) is 10.5. The first-order valence-corrected chi connectivity index (χ1v) is 6.10. The van der Waals surface area contributed by atoms with Crippen LogP contribution in [0.2, 0.25) is 5.02 Å². The van der Waals surface area contributed by atoms with Crippen LogP contribution in [0.3, 0.4) is 0 Å². The summed E-state index contributed by atoms with van der Waals surface area (Å²) in [5.41, 5.74) is 0.390. The summed E-state index contributed by atoms with van der Waals surface area (Å²) in [4.78, 5) is 12.1. The molecular weight excluding hydrogens is 250 g/mol. The Morgan fingerprint density at radius 3 is 2.89 bits per heavy atom. The quantitative estimate of drug-likeness (QED) is 0.832. The number of ether oxygens (including phenoxy) is 1. The van der Waals surface area contributed by atoms with Crippen LogP contribution in [0, 0.1) is 12.3 Å². The van der Waals surface area contributed by atoms with E-state index in [1.54, 1.807) is 18.2 Å². The number of nitrogens with one attached hydrogen (secondary N) is 1. The first kappa shape index (κ1) is 14.4. The fourth-order valence-corrected chi connectivity index (χ4v) is 1.75. The second-order valence-corrected chi connectivity index (χ2v) is 4.26. The lowest BCUT2D eigenvalue weighted by atomic mass is 10.1. The summed E-state index contributed by atoms with van der Waals surface area (Å²) in [7, 11) is 1.50. The molecule has 0 spiro atoms. The third-order valence-corrected chi connectivity index (χ3v) is 2.73. The molecule has 0 aromatic heterocycles. The maximum atomic E-state index is 12.1. The topological polar surface area (TPSA) is 38.3 Å². The van der Waals surface area contributed by atoms with Crippen molar-refractivity contribution >= 4 is 17.5 Å². The molecule has 0 aliphatic carbocycles. The summed E-state index contributed by atoms with van der Waals surface area (Å²) in [6, 6.07) is 4.62. The molecule has 4 heteroatoms. The van der Waals surface area contributed by atoms with Gasteiger partial charge in [0.15, 0.2) is 0 Å². The molecule has 0 saturated carbocycles. The van der Waals surface area contributed by atoms with E-state index < -0.39 is 0 Å². The molecule has 1 atom stereocenters. The van der Waals surface area contributed by atoms with Crippen molar-refractivity contribution in [2.75, 3.05) is 7.11 Å². The number of benzene rings is 1. The van der Waals surface area contributed by atoms with E-state index in [-0.39, 0.29) is 11.9 Å². The number of amides is 1. The summed E-state index contributed by atoms with van der Waals surface area (Å²) in [6.45, 7) is 2.01. The first-order valence-electron chi connectivity index (χ1n) is 5.72. The minimum absolute atomic E-state index is 0.272. The van der Waals surface area contributed by atoms with Crippen LogP contribution in [0.5, 0.6) is 5.75 Å². The third kappa shape index (κ3) is 3.68. The Morgan fingerprint density at radius 2 is 2.33 bits per heavy atom. The van der Waals surface area contributed by atoms with Crippen LogP contribution in [0.1, 0.15) is 30.1 Å². The van der Waals surface area contributed by atoms with E-state index in [9.17, 15) is 4.79 Å². The van der Waals surface area contributed by atoms with Gasteiger partial charge in [-0.15, -0.1) is 6.42 Å². The molecule has 1 unspecified atom stereocenters. The van der Waals surface area contributed by atoms with Gasteiger partial charge < -0.3 is 10.1 Å². The lowest BCUT2D eigenvalue weighted by Gasteiger charge is -2.14. The van der Waals surface area contributed by atoms with Crippen LogP contribution < -0.4 is 10.1 Å². The maximum absolute atomic E-state index is 12.1. The van der Waals surface area contributed by atoms with Crippen molar-refractivity contribution in [3.8, 4) is 18.1 Å². The van der Waals surface area contributed by atoms with Gasteiger partial charge in [0.25, 0.3) is 5.91 Å². The summed E-state index contributed by atoms with van der Waals surface area (Å²) < 4.78 is 5.13. The molecule has 3 nitrogen and oxygen atoms in total. The SMILES string of the molecule is C#CC(CCC)NC(=O)c1cc(Cl)ccc1OC. The molecule has 0 bridgehead atoms. The van der Waals surface area contributed by atoms with Crippen molar-refractivity contribution in [1.82, 2.24) is 5.32 Å². The monoisotopic (exact) mass is 265 g/mol. The Hall–Kier alpha value is -1.66. The van der Waals surface area contributed by atoms with E-state index in [0.29, 0.717) is 16.3 Å². The second kappa shape index (κ2) is 6.93. The average Bonchev–Trinajstić information content (AvgIpc) is 2.38. The van der Waals surface area contributed by atoms with Gasteiger partial charge >= 0.3 is 0 Å². The van der Waals surface area contributed by atoms with Crippen LogP contribution in [-0.2, 0) is 0 Å². The standard InChI is InChI=1S/C14H16ClNO2/c1-4-6-11(5-2)16-14(17)12-9-10(15)7-8-13(12)18-3/h2,7-9,11H,4,6H2,1,3H3,(H,16,17). The molecule has 0 aliphatic rings. The predicted octanol–water partition coefficient (Wildman–Crippen LogP) is 2.88. The van der Waals surface area contributed by atoms with Crippen molar-refractivity contribution in [2.45, 2.75) is 25.8 Å². The van der Waals surface area contributed by atoms with Gasteiger partial charge in [-0.1, -0.05) is 30.9 Å². The molecule has 1 amide bonds. The van der Waals surface area contributed by atoms with Crippen LogP contribution in [0.25, 0.3) is 0 Å². The lowest BCUT2D eigenvalue weighted by molar-refractivity contribution is 0.0941. The molecule has 18 heavy (non-hydrogen) atoms. The highest BCUT2D eigenvalue weighted by atomic mass is 35.5. The van der Waals surface area contributed by atoms with Crippen LogP contribution >= 0.6 is 11.6 Å². The van der Waals surface area contributed by atoms with E-state index in [2.05, 4.69) is 11.2 Å².